The second-order valence-corrected chi connectivity index (χ2v) is 3.62. The normalized spacial score (nSPS) is 9.80. The lowest BCUT2D eigenvalue weighted by atomic mass is 10.1. The Bertz CT molecular complexity index is 350. The highest BCUT2D eigenvalue weighted by atomic mass is 127. The molecule has 0 aromatic heterocycles. The first-order valence-corrected chi connectivity index (χ1v) is 6.15. The minimum atomic E-state index is 0.0965. The van der Waals surface area contributed by atoms with E-state index in [0.717, 1.165) is 0 Å². The highest BCUT2D eigenvalue weighted by Crippen LogP contribution is 2.28. The fourth-order valence-electron chi connectivity index (χ4n) is 1.20. The molecular weight excluding hydrogens is 307 g/mol. The first-order chi connectivity index (χ1) is 7.22. The van der Waals surface area contributed by atoms with Gasteiger partial charge in [-0.3, -0.25) is 4.79 Å². The van der Waals surface area contributed by atoms with Crippen LogP contribution in [0.4, 0.5) is 0 Å². The van der Waals surface area contributed by atoms with E-state index in [4.69, 9.17) is 9.47 Å². The fraction of sp³-hybridized carbons (Fsp3) is 0.364. The second kappa shape index (κ2) is 5.95. The summed E-state index contributed by atoms with van der Waals surface area (Å²) < 4.78 is 11.0. The third-order valence-electron chi connectivity index (χ3n) is 1.91. The van der Waals surface area contributed by atoms with Gasteiger partial charge in [0.2, 0.25) is 0 Å². The topological polar surface area (TPSA) is 35.5 Å². The highest BCUT2D eigenvalue weighted by molar-refractivity contribution is 14.1. The number of rotatable bonds is 5. The molecule has 0 aliphatic rings. The molecule has 1 aromatic rings. The van der Waals surface area contributed by atoms with Crippen LogP contribution < -0.4 is 9.47 Å². The Morgan fingerprint density at radius 1 is 1.40 bits per heavy atom. The molecule has 15 heavy (non-hydrogen) atoms. The first kappa shape index (κ1) is 12.3. The van der Waals surface area contributed by atoms with Crippen molar-refractivity contribution in [3.05, 3.63) is 23.8 Å². The summed E-state index contributed by atoms with van der Waals surface area (Å²) in [6.07, 6.45) is 0. The summed E-state index contributed by atoms with van der Waals surface area (Å²) in [6.45, 7) is 2.45. The van der Waals surface area contributed by atoms with Gasteiger partial charge in [0.1, 0.15) is 0 Å². The van der Waals surface area contributed by atoms with Crippen molar-refractivity contribution in [3.63, 3.8) is 0 Å². The van der Waals surface area contributed by atoms with Crippen LogP contribution in [0.25, 0.3) is 0 Å². The first-order valence-electron chi connectivity index (χ1n) is 4.63. The van der Waals surface area contributed by atoms with Gasteiger partial charge in [-0.05, 0) is 25.1 Å². The van der Waals surface area contributed by atoms with E-state index >= 15 is 0 Å². The van der Waals surface area contributed by atoms with Crippen molar-refractivity contribution < 1.29 is 14.3 Å². The molecule has 4 heteroatoms. The Balaban J connectivity index is 3.04. The smallest absolute Gasteiger partial charge is 0.172 e. The number of hydrogen-bond donors (Lipinski definition) is 0. The van der Waals surface area contributed by atoms with Crippen molar-refractivity contribution >= 4 is 28.4 Å². The molecule has 82 valence electrons. The van der Waals surface area contributed by atoms with E-state index in [9.17, 15) is 4.79 Å². The Hall–Kier alpha value is -0.780. The molecule has 3 nitrogen and oxygen atoms in total. The number of methoxy groups -OCH3 is 1. The maximum Gasteiger partial charge on any atom is 0.172 e. The van der Waals surface area contributed by atoms with Crippen molar-refractivity contribution in [1.29, 1.82) is 0 Å². The number of carbonyl (C=O) groups excluding carboxylic acids is 1. The van der Waals surface area contributed by atoms with Crippen molar-refractivity contribution in [1.82, 2.24) is 0 Å². The Kier molecular flexibility index (Phi) is 4.87. The zero-order chi connectivity index (χ0) is 11.3. The fourth-order valence-corrected chi connectivity index (χ4v) is 1.64. The van der Waals surface area contributed by atoms with Crippen LogP contribution in [-0.2, 0) is 0 Å². The van der Waals surface area contributed by atoms with Gasteiger partial charge in [-0.15, -0.1) is 0 Å². The molecule has 0 atom stereocenters. The maximum atomic E-state index is 11.5. The van der Waals surface area contributed by atoms with Crippen LogP contribution in [0.1, 0.15) is 17.3 Å². The van der Waals surface area contributed by atoms with E-state index in [0.29, 0.717) is 28.1 Å². The average molecular weight is 320 g/mol. The van der Waals surface area contributed by atoms with Crippen LogP contribution >= 0.6 is 22.6 Å². The summed E-state index contributed by atoms with van der Waals surface area (Å²) in [7, 11) is 1.58. The zero-order valence-electron chi connectivity index (χ0n) is 8.75. The molecule has 0 heterocycles. The maximum absolute atomic E-state index is 11.5. The van der Waals surface area contributed by atoms with Crippen molar-refractivity contribution in [2.45, 2.75) is 6.92 Å². The van der Waals surface area contributed by atoms with Gasteiger partial charge in [0.15, 0.2) is 17.3 Å². The van der Waals surface area contributed by atoms with Crippen LogP contribution in [0.2, 0.25) is 0 Å². The molecule has 0 N–H and O–H groups in total. The van der Waals surface area contributed by atoms with E-state index in [1.807, 2.05) is 29.5 Å². The van der Waals surface area contributed by atoms with Crippen molar-refractivity contribution in [2.75, 3.05) is 18.1 Å². The number of Topliss-reactive ketones (excluding diaryl/α,β-unsaturated/α-hetero) is 1. The molecule has 0 aliphatic heterocycles. The summed E-state index contributed by atoms with van der Waals surface area (Å²) in [6, 6.07) is 5.23. The molecule has 0 aliphatic carbocycles. The lowest BCUT2D eigenvalue weighted by Gasteiger charge is -2.10. The van der Waals surface area contributed by atoms with E-state index in [1.165, 1.54) is 0 Å². The average Bonchev–Trinajstić information content (AvgIpc) is 2.28. The zero-order valence-corrected chi connectivity index (χ0v) is 10.9. The summed E-state index contributed by atoms with van der Waals surface area (Å²) >= 11 is 2.05. The SMILES string of the molecule is CCOc1cc(C(=O)CI)ccc1OC. The van der Waals surface area contributed by atoms with E-state index in [2.05, 4.69) is 0 Å². The summed E-state index contributed by atoms with van der Waals surface area (Å²) in [4.78, 5) is 11.5. The molecule has 0 radical (unpaired) electrons. The second-order valence-electron chi connectivity index (χ2n) is 2.86. The van der Waals surface area contributed by atoms with E-state index in [1.54, 1.807) is 25.3 Å². The Morgan fingerprint density at radius 2 is 2.13 bits per heavy atom. The molecule has 0 spiro atoms. The number of alkyl halides is 1. The van der Waals surface area contributed by atoms with Crippen LogP contribution in [0, 0.1) is 0 Å². The standard InChI is InChI=1S/C11H13IO3/c1-3-15-11-6-8(9(13)7-12)4-5-10(11)14-2/h4-6H,3,7H2,1-2H3. The highest BCUT2D eigenvalue weighted by Gasteiger charge is 2.09. The van der Waals surface area contributed by atoms with Gasteiger partial charge in [0.25, 0.3) is 0 Å². The predicted molar refractivity (Wildman–Crippen MR) is 67.4 cm³/mol. The van der Waals surface area contributed by atoms with Crippen LogP contribution in [0.5, 0.6) is 11.5 Å². The third-order valence-corrected chi connectivity index (χ3v) is 2.60. The molecule has 0 saturated carbocycles. The molecule has 0 fully saturated rings. The van der Waals surface area contributed by atoms with Gasteiger partial charge >= 0.3 is 0 Å². The number of halogens is 1. The van der Waals surface area contributed by atoms with E-state index < -0.39 is 0 Å². The van der Waals surface area contributed by atoms with Crippen molar-refractivity contribution in [3.8, 4) is 11.5 Å². The third kappa shape index (κ3) is 3.09. The molecule has 0 bridgehead atoms. The van der Waals surface area contributed by atoms with Crippen LogP contribution in [-0.4, -0.2) is 23.9 Å². The number of hydrogen-bond acceptors (Lipinski definition) is 3. The Labute approximate surface area is 103 Å². The monoisotopic (exact) mass is 320 g/mol. The van der Waals surface area contributed by atoms with Gasteiger partial charge in [-0.1, -0.05) is 22.6 Å². The molecule has 0 unspecified atom stereocenters. The van der Waals surface area contributed by atoms with Gasteiger partial charge < -0.3 is 9.47 Å². The van der Waals surface area contributed by atoms with Gasteiger partial charge in [-0.2, -0.15) is 0 Å². The van der Waals surface area contributed by atoms with Crippen molar-refractivity contribution in [2.24, 2.45) is 0 Å². The summed E-state index contributed by atoms with van der Waals surface area (Å²) in [5.74, 6) is 1.37. The predicted octanol–water partition coefficient (Wildman–Crippen LogP) is 2.71. The van der Waals surface area contributed by atoms with Gasteiger partial charge in [0, 0.05) is 5.56 Å². The molecule has 1 aromatic carbocycles. The Morgan fingerprint density at radius 3 is 2.67 bits per heavy atom. The molecular formula is C11H13IO3. The van der Waals surface area contributed by atoms with Crippen LogP contribution in [0.3, 0.4) is 0 Å². The number of ketones is 1. The number of carbonyl (C=O) groups is 1. The molecule has 0 amide bonds. The largest absolute Gasteiger partial charge is 0.493 e. The minimum absolute atomic E-state index is 0.0965. The lowest BCUT2D eigenvalue weighted by Crippen LogP contribution is -2.02. The van der Waals surface area contributed by atoms with E-state index in [-0.39, 0.29) is 5.78 Å². The number of benzene rings is 1. The van der Waals surface area contributed by atoms with Crippen LogP contribution in [0.15, 0.2) is 18.2 Å². The van der Waals surface area contributed by atoms with Gasteiger partial charge in [-0.25, -0.2) is 0 Å². The minimum Gasteiger partial charge on any atom is -0.493 e. The lowest BCUT2D eigenvalue weighted by molar-refractivity contribution is 0.102. The molecule has 1 rings (SSSR count). The number of ether oxygens (including phenoxy) is 2. The molecule has 0 saturated heterocycles. The quantitative estimate of drug-likeness (QED) is 0.475. The summed E-state index contributed by atoms with van der Waals surface area (Å²) in [5.41, 5.74) is 0.661. The van der Waals surface area contributed by atoms with Gasteiger partial charge in [0.05, 0.1) is 18.1 Å². The summed E-state index contributed by atoms with van der Waals surface area (Å²) in [5, 5.41) is 0.